The second-order valence-electron chi connectivity index (χ2n) is 4.29. The molecule has 4 nitrogen and oxygen atoms in total. The van der Waals surface area contributed by atoms with E-state index in [1.807, 2.05) is 26.2 Å². The maximum atomic E-state index is 12.0. The van der Waals surface area contributed by atoms with Crippen LogP contribution in [-0.4, -0.2) is 35.2 Å². The Morgan fingerprint density at radius 1 is 1.56 bits per heavy atom. The Bertz CT molecular complexity index is 419. The molecule has 0 bridgehead atoms. The highest BCUT2D eigenvalue weighted by Gasteiger charge is 2.18. The van der Waals surface area contributed by atoms with E-state index in [9.17, 15) is 4.79 Å². The fraction of sp³-hybridized carbons (Fsp3) is 0.462. The van der Waals surface area contributed by atoms with Crippen molar-refractivity contribution in [3.63, 3.8) is 0 Å². The van der Waals surface area contributed by atoms with E-state index in [0.717, 1.165) is 5.56 Å². The number of nitrogen functional groups attached to an aromatic ring is 1. The van der Waals surface area contributed by atoms with Gasteiger partial charge in [-0.15, -0.1) is 0 Å². The molecule has 2 unspecified atom stereocenters. The molecule has 1 aromatic carbocycles. The SMILES string of the molecule is CSC(CO)C(C)NC(=O)c1ccc(C)c(N)c1. The molecule has 0 saturated carbocycles. The van der Waals surface area contributed by atoms with Gasteiger partial charge < -0.3 is 16.2 Å². The van der Waals surface area contributed by atoms with E-state index < -0.39 is 0 Å². The average molecular weight is 268 g/mol. The van der Waals surface area contributed by atoms with Crippen molar-refractivity contribution in [1.82, 2.24) is 5.32 Å². The van der Waals surface area contributed by atoms with Gasteiger partial charge in [0.15, 0.2) is 0 Å². The Morgan fingerprint density at radius 3 is 2.72 bits per heavy atom. The zero-order chi connectivity index (χ0) is 13.7. The second kappa shape index (κ2) is 6.66. The third-order valence-corrected chi connectivity index (χ3v) is 4.10. The molecule has 0 spiro atoms. The molecular weight excluding hydrogens is 248 g/mol. The highest BCUT2D eigenvalue weighted by Crippen LogP contribution is 2.14. The Labute approximate surface area is 112 Å². The molecule has 0 radical (unpaired) electrons. The Morgan fingerprint density at radius 2 is 2.22 bits per heavy atom. The molecule has 0 saturated heterocycles. The fourth-order valence-electron chi connectivity index (χ4n) is 1.60. The van der Waals surface area contributed by atoms with E-state index in [4.69, 9.17) is 10.8 Å². The molecule has 2 atom stereocenters. The lowest BCUT2D eigenvalue weighted by molar-refractivity contribution is 0.0936. The Kier molecular flexibility index (Phi) is 5.50. The first-order valence-electron chi connectivity index (χ1n) is 5.80. The smallest absolute Gasteiger partial charge is 0.251 e. The van der Waals surface area contributed by atoms with Crippen LogP contribution in [0.1, 0.15) is 22.8 Å². The lowest BCUT2D eigenvalue weighted by Gasteiger charge is -2.21. The first-order valence-corrected chi connectivity index (χ1v) is 7.09. The zero-order valence-electron chi connectivity index (χ0n) is 10.9. The topological polar surface area (TPSA) is 75.3 Å². The minimum atomic E-state index is -0.165. The third kappa shape index (κ3) is 3.65. The molecule has 0 heterocycles. The van der Waals surface area contributed by atoms with E-state index in [-0.39, 0.29) is 23.8 Å². The molecule has 1 rings (SSSR count). The summed E-state index contributed by atoms with van der Waals surface area (Å²) in [5.74, 6) is -0.165. The van der Waals surface area contributed by atoms with E-state index >= 15 is 0 Å². The molecule has 100 valence electrons. The van der Waals surface area contributed by atoms with Gasteiger partial charge in [-0.1, -0.05) is 6.07 Å². The van der Waals surface area contributed by atoms with Gasteiger partial charge in [0.1, 0.15) is 0 Å². The van der Waals surface area contributed by atoms with Gasteiger partial charge >= 0.3 is 0 Å². The summed E-state index contributed by atoms with van der Waals surface area (Å²) in [5.41, 5.74) is 7.89. The van der Waals surface area contributed by atoms with E-state index in [1.54, 1.807) is 12.1 Å². The molecule has 1 amide bonds. The molecule has 1 aromatic rings. The number of hydrogen-bond acceptors (Lipinski definition) is 4. The van der Waals surface area contributed by atoms with Gasteiger partial charge in [0, 0.05) is 22.5 Å². The highest BCUT2D eigenvalue weighted by molar-refractivity contribution is 7.99. The van der Waals surface area contributed by atoms with Gasteiger partial charge in [0.2, 0.25) is 0 Å². The van der Waals surface area contributed by atoms with Crippen molar-refractivity contribution in [3.05, 3.63) is 29.3 Å². The maximum Gasteiger partial charge on any atom is 0.251 e. The van der Waals surface area contributed by atoms with Crippen molar-refractivity contribution in [2.24, 2.45) is 0 Å². The Hall–Kier alpha value is -1.20. The summed E-state index contributed by atoms with van der Waals surface area (Å²) < 4.78 is 0. The molecule has 0 aromatic heterocycles. The summed E-state index contributed by atoms with van der Waals surface area (Å²) in [7, 11) is 0. The standard InChI is InChI=1S/C13H20N2O2S/c1-8-4-5-10(6-11(8)14)13(17)15-9(2)12(7-16)18-3/h4-6,9,12,16H,7,14H2,1-3H3,(H,15,17). The van der Waals surface area contributed by atoms with Crippen molar-refractivity contribution in [1.29, 1.82) is 0 Å². The summed E-state index contributed by atoms with van der Waals surface area (Å²) in [4.78, 5) is 12.0. The molecule has 0 aliphatic heterocycles. The number of carbonyl (C=O) groups is 1. The lowest BCUT2D eigenvalue weighted by Crippen LogP contribution is -2.41. The van der Waals surface area contributed by atoms with E-state index in [2.05, 4.69) is 5.32 Å². The van der Waals surface area contributed by atoms with Crippen LogP contribution < -0.4 is 11.1 Å². The van der Waals surface area contributed by atoms with Crippen LogP contribution in [0, 0.1) is 6.92 Å². The Balaban J connectivity index is 2.73. The van der Waals surface area contributed by atoms with Crippen LogP contribution in [0.2, 0.25) is 0 Å². The van der Waals surface area contributed by atoms with Gasteiger partial charge in [-0.05, 0) is 37.8 Å². The number of benzene rings is 1. The summed E-state index contributed by atoms with van der Waals surface area (Å²) >= 11 is 1.53. The fourth-order valence-corrected chi connectivity index (χ4v) is 2.23. The number of nitrogens with one attached hydrogen (secondary N) is 1. The maximum absolute atomic E-state index is 12.0. The average Bonchev–Trinajstić information content (AvgIpc) is 2.34. The van der Waals surface area contributed by atoms with Crippen LogP contribution in [0.3, 0.4) is 0 Å². The van der Waals surface area contributed by atoms with Crippen molar-refractivity contribution in [3.8, 4) is 0 Å². The van der Waals surface area contributed by atoms with Crippen LogP contribution in [-0.2, 0) is 0 Å². The number of aliphatic hydroxyl groups excluding tert-OH is 1. The molecule has 0 aliphatic rings. The van der Waals surface area contributed by atoms with Crippen molar-refractivity contribution >= 4 is 23.4 Å². The minimum Gasteiger partial charge on any atom is -0.398 e. The van der Waals surface area contributed by atoms with Gasteiger partial charge in [-0.2, -0.15) is 11.8 Å². The van der Waals surface area contributed by atoms with Gasteiger partial charge in [-0.3, -0.25) is 4.79 Å². The number of carbonyl (C=O) groups excluding carboxylic acids is 1. The number of aliphatic hydroxyl groups is 1. The second-order valence-corrected chi connectivity index (χ2v) is 5.37. The van der Waals surface area contributed by atoms with Gasteiger partial charge in [-0.25, -0.2) is 0 Å². The van der Waals surface area contributed by atoms with Crippen LogP contribution in [0.5, 0.6) is 0 Å². The number of hydrogen-bond donors (Lipinski definition) is 3. The van der Waals surface area contributed by atoms with Gasteiger partial charge in [0.25, 0.3) is 5.91 Å². The van der Waals surface area contributed by atoms with E-state index in [0.29, 0.717) is 11.3 Å². The van der Waals surface area contributed by atoms with Crippen molar-refractivity contribution in [2.45, 2.75) is 25.1 Å². The molecule has 18 heavy (non-hydrogen) atoms. The quantitative estimate of drug-likeness (QED) is 0.706. The molecule has 0 fully saturated rings. The van der Waals surface area contributed by atoms with Gasteiger partial charge in [0.05, 0.1) is 6.61 Å². The predicted octanol–water partition coefficient (Wildman–Crippen LogP) is 1.42. The van der Waals surface area contributed by atoms with Crippen LogP contribution in [0.25, 0.3) is 0 Å². The molecule has 4 N–H and O–H groups in total. The first kappa shape index (κ1) is 14.9. The number of anilines is 1. The van der Waals surface area contributed by atoms with Crippen LogP contribution in [0.4, 0.5) is 5.69 Å². The third-order valence-electron chi connectivity index (χ3n) is 2.94. The number of thioether (sulfide) groups is 1. The number of amides is 1. The number of nitrogens with two attached hydrogens (primary N) is 1. The summed E-state index contributed by atoms with van der Waals surface area (Å²) in [6, 6.07) is 5.15. The van der Waals surface area contributed by atoms with E-state index in [1.165, 1.54) is 11.8 Å². The lowest BCUT2D eigenvalue weighted by atomic mass is 10.1. The molecule has 0 aliphatic carbocycles. The molecule has 5 heteroatoms. The number of rotatable bonds is 5. The first-order chi connectivity index (χ1) is 8.49. The van der Waals surface area contributed by atoms with Crippen LogP contribution in [0.15, 0.2) is 18.2 Å². The largest absolute Gasteiger partial charge is 0.398 e. The van der Waals surface area contributed by atoms with Crippen molar-refractivity contribution < 1.29 is 9.90 Å². The normalized spacial score (nSPS) is 14.0. The van der Waals surface area contributed by atoms with Crippen molar-refractivity contribution in [2.75, 3.05) is 18.6 Å². The van der Waals surface area contributed by atoms with Crippen LogP contribution >= 0.6 is 11.8 Å². The minimum absolute atomic E-state index is 0.00301. The number of aryl methyl sites for hydroxylation is 1. The summed E-state index contributed by atoms with van der Waals surface area (Å²) in [6.45, 7) is 3.82. The highest BCUT2D eigenvalue weighted by atomic mass is 32.2. The molecular formula is C13H20N2O2S. The summed E-state index contributed by atoms with van der Waals surface area (Å²) in [6.07, 6.45) is 1.91. The zero-order valence-corrected chi connectivity index (χ0v) is 11.8. The summed E-state index contributed by atoms with van der Waals surface area (Å²) in [5, 5.41) is 12.0. The monoisotopic (exact) mass is 268 g/mol. The predicted molar refractivity (Wildman–Crippen MR) is 76.9 cm³/mol.